The SMILES string of the molecule is Cc1cc(C)c2nc(NC(=O)c3cccc(Cl)c3)sc2c1. The molecular weight excluding hydrogens is 304 g/mol. The second-order valence-electron chi connectivity index (χ2n) is 4.91. The molecule has 0 aliphatic carbocycles. The first-order valence-corrected chi connectivity index (χ1v) is 7.67. The minimum Gasteiger partial charge on any atom is -0.298 e. The normalized spacial score (nSPS) is 10.8. The summed E-state index contributed by atoms with van der Waals surface area (Å²) >= 11 is 7.38. The Morgan fingerprint density at radius 2 is 2.05 bits per heavy atom. The number of halogens is 1. The monoisotopic (exact) mass is 316 g/mol. The first-order chi connectivity index (χ1) is 10.0. The summed E-state index contributed by atoms with van der Waals surface area (Å²) in [6, 6.07) is 11.0. The fraction of sp³-hybridized carbons (Fsp3) is 0.125. The summed E-state index contributed by atoms with van der Waals surface area (Å²) in [5.41, 5.74) is 3.77. The molecule has 1 heterocycles. The first kappa shape index (κ1) is 14.0. The number of benzene rings is 2. The molecule has 0 atom stereocenters. The van der Waals surface area contributed by atoms with Crippen LogP contribution in [0.25, 0.3) is 10.2 Å². The van der Waals surface area contributed by atoms with E-state index in [9.17, 15) is 4.79 Å². The summed E-state index contributed by atoms with van der Waals surface area (Å²) in [6.07, 6.45) is 0. The standard InChI is InChI=1S/C16H13ClN2OS/c1-9-6-10(2)14-13(7-9)21-16(18-14)19-15(20)11-4-3-5-12(17)8-11/h3-8H,1-2H3,(H,18,19,20). The molecule has 5 heteroatoms. The van der Waals surface area contributed by atoms with Crippen molar-refractivity contribution in [1.82, 2.24) is 4.98 Å². The van der Waals surface area contributed by atoms with Crippen LogP contribution in [0.2, 0.25) is 5.02 Å². The molecule has 0 fully saturated rings. The van der Waals surface area contributed by atoms with Crippen molar-refractivity contribution in [2.75, 3.05) is 5.32 Å². The van der Waals surface area contributed by atoms with Crippen molar-refractivity contribution in [3.05, 3.63) is 58.1 Å². The van der Waals surface area contributed by atoms with E-state index in [2.05, 4.69) is 29.4 Å². The minimum absolute atomic E-state index is 0.203. The molecule has 106 valence electrons. The lowest BCUT2D eigenvalue weighted by Crippen LogP contribution is -2.11. The second-order valence-corrected chi connectivity index (χ2v) is 6.38. The highest BCUT2D eigenvalue weighted by Crippen LogP contribution is 2.29. The largest absolute Gasteiger partial charge is 0.298 e. The van der Waals surface area contributed by atoms with Crippen LogP contribution in [0.5, 0.6) is 0 Å². The van der Waals surface area contributed by atoms with E-state index in [1.807, 2.05) is 6.92 Å². The van der Waals surface area contributed by atoms with Gasteiger partial charge in [-0.05, 0) is 49.2 Å². The average molecular weight is 317 g/mol. The molecule has 3 nitrogen and oxygen atoms in total. The number of aryl methyl sites for hydroxylation is 2. The number of hydrogen-bond acceptors (Lipinski definition) is 3. The minimum atomic E-state index is -0.203. The van der Waals surface area contributed by atoms with E-state index < -0.39 is 0 Å². The lowest BCUT2D eigenvalue weighted by Gasteiger charge is -2.01. The zero-order chi connectivity index (χ0) is 15.0. The van der Waals surface area contributed by atoms with Crippen molar-refractivity contribution < 1.29 is 4.79 Å². The highest BCUT2D eigenvalue weighted by Gasteiger charge is 2.11. The predicted molar refractivity (Wildman–Crippen MR) is 88.5 cm³/mol. The van der Waals surface area contributed by atoms with Crippen LogP contribution in [-0.4, -0.2) is 10.9 Å². The zero-order valence-electron chi connectivity index (χ0n) is 11.6. The smallest absolute Gasteiger partial charge is 0.257 e. The van der Waals surface area contributed by atoms with Crippen LogP contribution in [0, 0.1) is 13.8 Å². The molecule has 0 radical (unpaired) electrons. The number of thiazole rings is 1. The van der Waals surface area contributed by atoms with Crippen molar-refractivity contribution in [3.63, 3.8) is 0 Å². The van der Waals surface area contributed by atoms with Gasteiger partial charge in [0.25, 0.3) is 5.91 Å². The summed E-state index contributed by atoms with van der Waals surface area (Å²) in [7, 11) is 0. The van der Waals surface area contributed by atoms with Crippen molar-refractivity contribution >= 4 is 44.2 Å². The number of amides is 1. The molecule has 1 N–H and O–H groups in total. The third kappa shape index (κ3) is 2.91. The van der Waals surface area contributed by atoms with Gasteiger partial charge >= 0.3 is 0 Å². The van der Waals surface area contributed by atoms with Crippen LogP contribution >= 0.6 is 22.9 Å². The summed E-state index contributed by atoms with van der Waals surface area (Å²) in [4.78, 5) is 16.7. The van der Waals surface area contributed by atoms with E-state index in [1.165, 1.54) is 16.9 Å². The summed E-state index contributed by atoms with van der Waals surface area (Å²) in [5.74, 6) is -0.203. The molecule has 3 aromatic rings. The summed E-state index contributed by atoms with van der Waals surface area (Å²) < 4.78 is 1.08. The molecule has 0 saturated carbocycles. The number of nitrogens with zero attached hydrogens (tertiary/aromatic N) is 1. The highest BCUT2D eigenvalue weighted by molar-refractivity contribution is 7.22. The average Bonchev–Trinajstić information content (AvgIpc) is 2.81. The van der Waals surface area contributed by atoms with E-state index in [1.54, 1.807) is 24.3 Å². The van der Waals surface area contributed by atoms with Gasteiger partial charge in [-0.2, -0.15) is 0 Å². The van der Waals surface area contributed by atoms with Gasteiger partial charge in [-0.1, -0.05) is 35.1 Å². The third-order valence-electron chi connectivity index (χ3n) is 3.14. The maximum Gasteiger partial charge on any atom is 0.257 e. The van der Waals surface area contributed by atoms with Crippen LogP contribution in [0.1, 0.15) is 21.5 Å². The Bertz CT molecular complexity index is 841. The van der Waals surface area contributed by atoms with Crippen LogP contribution in [0.15, 0.2) is 36.4 Å². The van der Waals surface area contributed by atoms with E-state index >= 15 is 0 Å². The molecule has 2 aromatic carbocycles. The zero-order valence-corrected chi connectivity index (χ0v) is 13.2. The Morgan fingerprint density at radius 3 is 2.81 bits per heavy atom. The van der Waals surface area contributed by atoms with Gasteiger partial charge in [0.1, 0.15) is 0 Å². The van der Waals surface area contributed by atoms with Crippen LogP contribution < -0.4 is 5.32 Å². The van der Waals surface area contributed by atoms with Crippen molar-refractivity contribution in [1.29, 1.82) is 0 Å². The number of nitrogens with one attached hydrogen (secondary N) is 1. The summed E-state index contributed by atoms with van der Waals surface area (Å²) in [6.45, 7) is 4.08. The maximum atomic E-state index is 12.2. The second kappa shape index (κ2) is 5.47. The van der Waals surface area contributed by atoms with E-state index in [0.29, 0.717) is 15.7 Å². The molecule has 21 heavy (non-hydrogen) atoms. The van der Waals surface area contributed by atoms with Gasteiger partial charge in [-0.15, -0.1) is 0 Å². The van der Waals surface area contributed by atoms with Crippen LogP contribution in [0.4, 0.5) is 5.13 Å². The van der Waals surface area contributed by atoms with Crippen molar-refractivity contribution in [3.8, 4) is 0 Å². The molecular formula is C16H13ClN2OS. The molecule has 0 aliphatic heterocycles. The van der Waals surface area contributed by atoms with E-state index in [-0.39, 0.29) is 5.91 Å². The number of carbonyl (C=O) groups is 1. The number of rotatable bonds is 2. The van der Waals surface area contributed by atoms with Gasteiger partial charge in [0.15, 0.2) is 5.13 Å². The lowest BCUT2D eigenvalue weighted by atomic mass is 10.1. The lowest BCUT2D eigenvalue weighted by molar-refractivity contribution is 0.102. The third-order valence-corrected chi connectivity index (χ3v) is 4.29. The van der Waals surface area contributed by atoms with Gasteiger partial charge in [0.2, 0.25) is 0 Å². The Kier molecular flexibility index (Phi) is 3.66. The Balaban J connectivity index is 1.91. The molecule has 1 amide bonds. The summed E-state index contributed by atoms with van der Waals surface area (Å²) in [5, 5.41) is 3.97. The maximum absolute atomic E-state index is 12.2. The Morgan fingerprint density at radius 1 is 1.24 bits per heavy atom. The molecule has 0 spiro atoms. The topological polar surface area (TPSA) is 42.0 Å². The fourth-order valence-corrected chi connectivity index (χ4v) is 3.45. The van der Waals surface area contributed by atoms with Crippen molar-refractivity contribution in [2.45, 2.75) is 13.8 Å². The van der Waals surface area contributed by atoms with E-state index in [0.717, 1.165) is 15.8 Å². The molecule has 1 aromatic heterocycles. The number of anilines is 1. The molecule has 0 saturated heterocycles. The number of aromatic nitrogens is 1. The number of fused-ring (bicyclic) bond motifs is 1. The molecule has 3 rings (SSSR count). The van der Waals surface area contributed by atoms with Crippen molar-refractivity contribution in [2.24, 2.45) is 0 Å². The van der Waals surface area contributed by atoms with Gasteiger partial charge in [-0.3, -0.25) is 10.1 Å². The molecule has 0 bridgehead atoms. The predicted octanol–water partition coefficient (Wildman–Crippen LogP) is 4.82. The molecule has 0 unspecified atom stereocenters. The van der Waals surface area contributed by atoms with E-state index in [4.69, 9.17) is 11.6 Å². The van der Waals surface area contributed by atoms with Gasteiger partial charge in [0, 0.05) is 10.6 Å². The quantitative estimate of drug-likeness (QED) is 0.736. The van der Waals surface area contributed by atoms with Gasteiger partial charge in [-0.25, -0.2) is 4.98 Å². The highest BCUT2D eigenvalue weighted by atomic mass is 35.5. The van der Waals surface area contributed by atoms with Crippen LogP contribution in [0.3, 0.4) is 0 Å². The Labute approximate surface area is 131 Å². The van der Waals surface area contributed by atoms with Gasteiger partial charge < -0.3 is 0 Å². The molecule has 0 aliphatic rings. The van der Waals surface area contributed by atoms with Crippen LogP contribution in [-0.2, 0) is 0 Å². The fourth-order valence-electron chi connectivity index (χ4n) is 2.22. The first-order valence-electron chi connectivity index (χ1n) is 6.47. The number of carbonyl (C=O) groups excluding carboxylic acids is 1. The van der Waals surface area contributed by atoms with Gasteiger partial charge in [0.05, 0.1) is 10.2 Å². The number of hydrogen-bond donors (Lipinski definition) is 1. The Hall–Kier alpha value is -1.91.